The molecule has 1 heterocycles. The number of rotatable bonds is 1. The van der Waals surface area contributed by atoms with Gasteiger partial charge in [-0.15, -0.1) is 0 Å². The molecule has 0 bridgehead atoms. The van der Waals surface area contributed by atoms with Crippen LogP contribution in [0.5, 0.6) is 0 Å². The number of hydrogen-bond donors (Lipinski definition) is 0. The highest BCUT2D eigenvalue weighted by atomic mass is 16.1. The third kappa shape index (κ3) is 6.77. The minimum Gasteiger partial charge on any atom is -0.372 e. The van der Waals surface area contributed by atoms with Crippen molar-refractivity contribution in [3.8, 4) is 0 Å². The number of piperidine rings is 1. The zero-order chi connectivity index (χ0) is 12.9. The maximum atomic E-state index is 8.00. The summed E-state index contributed by atoms with van der Waals surface area (Å²) < 4.78 is 0. The van der Waals surface area contributed by atoms with Gasteiger partial charge in [0.15, 0.2) is 0 Å². The van der Waals surface area contributed by atoms with Crippen molar-refractivity contribution in [3.05, 3.63) is 30.3 Å². The number of para-hydroxylation sites is 1. The first-order chi connectivity index (χ1) is 8.38. The minimum atomic E-state index is 1.24. The van der Waals surface area contributed by atoms with Gasteiger partial charge in [0.1, 0.15) is 6.79 Å². The van der Waals surface area contributed by atoms with Gasteiger partial charge in [0.2, 0.25) is 0 Å². The Morgan fingerprint density at radius 3 is 1.94 bits per heavy atom. The number of benzene rings is 1. The molecule has 17 heavy (non-hydrogen) atoms. The molecule has 1 saturated heterocycles. The largest absolute Gasteiger partial charge is 0.372 e. The Labute approximate surface area is 106 Å². The molecule has 1 aliphatic rings. The fourth-order valence-electron chi connectivity index (χ4n) is 1.79. The fourth-order valence-corrected chi connectivity index (χ4v) is 1.79. The van der Waals surface area contributed by atoms with Crippen LogP contribution >= 0.6 is 0 Å². The van der Waals surface area contributed by atoms with E-state index in [9.17, 15) is 0 Å². The van der Waals surface area contributed by atoms with E-state index in [1.54, 1.807) is 0 Å². The molecule has 1 aliphatic heterocycles. The zero-order valence-electron chi connectivity index (χ0n) is 11.2. The second-order valence-corrected chi connectivity index (χ2v) is 4.09. The van der Waals surface area contributed by atoms with Gasteiger partial charge >= 0.3 is 0 Å². The first-order valence-corrected chi connectivity index (χ1v) is 6.47. The van der Waals surface area contributed by atoms with Gasteiger partial charge < -0.3 is 9.69 Å². The summed E-state index contributed by atoms with van der Waals surface area (Å²) in [5, 5.41) is 0. The highest BCUT2D eigenvalue weighted by Gasteiger charge is 2.09. The van der Waals surface area contributed by atoms with Crippen LogP contribution in [0, 0.1) is 0 Å². The molecule has 0 unspecified atom stereocenters. The van der Waals surface area contributed by atoms with E-state index in [0.29, 0.717) is 0 Å². The van der Waals surface area contributed by atoms with Gasteiger partial charge in [0.25, 0.3) is 0 Å². The lowest BCUT2D eigenvalue weighted by Crippen LogP contribution is -2.29. The van der Waals surface area contributed by atoms with Crippen LogP contribution in [-0.4, -0.2) is 19.9 Å². The van der Waals surface area contributed by atoms with Crippen LogP contribution in [0.15, 0.2) is 30.3 Å². The van der Waals surface area contributed by atoms with E-state index in [4.69, 9.17) is 4.79 Å². The highest BCUT2D eigenvalue weighted by Crippen LogP contribution is 2.18. The normalized spacial score (nSPS) is 13.9. The summed E-state index contributed by atoms with van der Waals surface area (Å²) >= 11 is 0. The van der Waals surface area contributed by atoms with E-state index in [1.165, 1.54) is 44.5 Å². The van der Waals surface area contributed by atoms with Gasteiger partial charge in [-0.1, -0.05) is 38.5 Å². The molecule has 96 valence electrons. The smallest absolute Gasteiger partial charge is 0.106 e. The third-order valence-electron chi connectivity index (χ3n) is 2.48. The average molecular weight is 235 g/mol. The van der Waals surface area contributed by atoms with Crippen LogP contribution < -0.4 is 4.90 Å². The molecular formula is C15H25NO. The van der Waals surface area contributed by atoms with Crippen molar-refractivity contribution in [3.63, 3.8) is 0 Å². The predicted octanol–water partition coefficient (Wildman–Crippen LogP) is 3.91. The Balaban J connectivity index is 0.000000450. The summed E-state index contributed by atoms with van der Waals surface area (Å²) in [5.41, 5.74) is 1.39. The lowest BCUT2D eigenvalue weighted by molar-refractivity contribution is -0.0979. The number of hydrogen-bond acceptors (Lipinski definition) is 2. The van der Waals surface area contributed by atoms with E-state index >= 15 is 0 Å². The summed E-state index contributed by atoms with van der Waals surface area (Å²) in [6, 6.07) is 10.7. The van der Waals surface area contributed by atoms with Crippen molar-refractivity contribution < 1.29 is 4.79 Å². The molecule has 2 rings (SSSR count). The van der Waals surface area contributed by atoms with Crippen LogP contribution in [0.2, 0.25) is 0 Å². The summed E-state index contributed by atoms with van der Waals surface area (Å²) in [5.74, 6) is 0. The molecule has 0 spiro atoms. The fraction of sp³-hybridized carbons (Fsp3) is 0.533. The summed E-state index contributed by atoms with van der Waals surface area (Å²) in [6.45, 7) is 8.73. The minimum absolute atomic E-state index is 1.24. The van der Waals surface area contributed by atoms with Crippen molar-refractivity contribution in [2.75, 3.05) is 18.0 Å². The number of carbonyl (C=O) groups excluding carboxylic acids is 1. The predicted molar refractivity (Wildman–Crippen MR) is 75.6 cm³/mol. The Bertz CT molecular complexity index is 255. The molecule has 1 aromatic carbocycles. The Morgan fingerprint density at radius 1 is 1.00 bits per heavy atom. The molecule has 1 fully saturated rings. The van der Waals surface area contributed by atoms with Crippen molar-refractivity contribution in [2.45, 2.75) is 39.5 Å². The Kier molecular flexibility index (Phi) is 10.3. The van der Waals surface area contributed by atoms with Gasteiger partial charge in [-0.2, -0.15) is 0 Å². The van der Waals surface area contributed by atoms with Gasteiger partial charge in [0, 0.05) is 18.8 Å². The first-order valence-electron chi connectivity index (χ1n) is 6.47. The molecule has 0 radical (unpaired) electrons. The average Bonchev–Trinajstić information content (AvgIpc) is 2.44. The van der Waals surface area contributed by atoms with E-state index < -0.39 is 0 Å². The zero-order valence-corrected chi connectivity index (χ0v) is 11.2. The maximum Gasteiger partial charge on any atom is 0.106 e. The summed E-state index contributed by atoms with van der Waals surface area (Å²) in [4.78, 5) is 10.5. The van der Waals surface area contributed by atoms with E-state index in [-0.39, 0.29) is 0 Å². The van der Waals surface area contributed by atoms with Crippen molar-refractivity contribution in [2.24, 2.45) is 0 Å². The van der Waals surface area contributed by atoms with Crippen LogP contribution in [0.4, 0.5) is 5.69 Å². The van der Waals surface area contributed by atoms with Gasteiger partial charge in [0.05, 0.1) is 0 Å². The van der Waals surface area contributed by atoms with Crippen molar-refractivity contribution in [1.82, 2.24) is 0 Å². The molecule has 0 atom stereocenters. The SMILES string of the molecule is C=O.CCC.c1ccc(N2CCCCC2)cc1. The summed E-state index contributed by atoms with van der Waals surface area (Å²) in [6.07, 6.45) is 5.37. The van der Waals surface area contributed by atoms with Crippen LogP contribution in [-0.2, 0) is 4.79 Å². The molecule has 2 nitrogen and oxygen atoms in total. The molecule has 1 aromatic rings. The number of anilines is 1. The molecule has 2 heteroatoms. The molecule has 0 N–H and O–H groups in total. The second-order valence-electron chi connectivity index (χ2n) is 4.09. The van der Waals surface area contributed by atoms with E-state index in [0.717, 1.165) is 0 Å². The Morgan fingerprint density at radius 2 is 1.47 bits per heavy atom. The summed E-state index contributed by atoms with van der Waals surface area (Å²) in [7, 11) is 0. The number of carbonyl (C=O) groups is 1. The topological polar surface area (TPSA) is 20.3 Å². The van der Waals surface area contributed by atoms with Crippen LogP contribution in [0.1, 0.15) is 39.5 Å². The maximum absolute atomic E-state index is 8.00. The highest BCUT2D eigenvalue weighted by molar-refractivity contribution is 5.46. The molecular weight excluding hydrogens is 210 g/mol. The standard InChI is InChI=1S/C11H15N.C3H8.CH2O/c1-3-7-11(8-4-1)12-9-5-2-6-10-12;1-3-2;1-2/h1,3-4,7-8H,2,5-6,9-10H2;3H2,1-2H3;1H2. The quantitative estimate of drug-likeness (QED) is 0.735. The first kappa shape index (κ1) is 15.7. The van der Waals surface area contributed by atoms with Crippen LogP contribution in [0.25, 0.3) is 0 Å². The van der Waals surface area contributed by atoms with Crippen molar-refractivity contribution >= 4 is 12.5 Å². The van der Waals surface area contributed by atoms with Gasteiger partial charge in [-0.25, -0.2) is 0 Å². The molecule has 0 aromatic heterocycles. The lowest BCUT2D eigenvalue weighted by atomic mass is 10.1. The van der Waals surface area contributed by atoms with E-state index in [2.05, 4.69) is 49.1 Å². The van der Waals surface area contributed by atoms with Crippen LogP contribution in [0.3, 0.4) is 0 Å². The molecule has 0 amide bonds. The number of nitrogens with zero attached hydrogens (tertiary/aromatic N) is 1. The van der Waals surface area contributed by atoms with Crippen molar-refractivity contribution in [1.29, 1.82) is 0 Å². The third-order valence-corrected chi connectivity index (χ3v) is 2.48. The molecule has 0 saturated carbocycles. The molecule has 0 aliphatic carbocycles. The van der Waals surface area contributed by atoms with E-state index in [1.807, 2.05) is 6.79 Å². The second kappa shape index (κ2) is 11.2. The van der Waals surface area contributed by atoms with Gasteiger partial charge in [-0.05, 0) is 31.4 Å². The lowest BCUT2D eigenvalue weighted by Gasteiger charge is -2.28. The Hall–Kier alpha value is -1.31. The van der Waals surface area contributed by atoms with Gasteiger partial charge in [-0.3, -0.25) is 0 Å². The monoisotopic (exact) mass is 235 g/mol.